The number of rotatable bonds is 8. The molecule has 1 aliphatic heterocycles. The van der Waals surface area contributed by atoms with Crippen LogP contribution in [0.5, 0.6) is 0 Å². The van der Waals surface area contributed by atoms with Crippen LogP contribution in [0.15, 0.2) is 34.1 Å². The molecule has 0 atom stereocenters. The summed E-state index contributed by atoms with van der Waals surface area (Å²) in [5.41, 5.74) is 0. The van der Waals surface area contributed by atoms with E-state index < -0.39 is 26.0 Å². The van der Waals surface area contributed by atoms with Crippen molar-refractivity contribution in [1.29, 1.82) is 0 Å². The smallest absolute Gasteiger partial charge is 0.303 e. The number of nitrogens with one attached hydrogen (secondary N) is 1. The Morgan fingerprint density at radius 2 is 1.64 bits per heavy atom. The Hall–Kier alpha value is -1.53. The van der Waals surface area contributed by atoms with Gasteiger partial charge in [0, 0.05) is 26.1 Å². The van der Waals surface area contributed by atoms with E-state index in [4.69, 9.17) is 9.84 Å². The van der Waals surface area contributed by atoms with E-state index in [1.165, 1.54) is 28.6 Å². The minimum atomic E-state index is -3.82. The first-order valence-electron chi connectivity index (χ1n) is 7.63. The van der Waals surface area contributed by atoms with Gasteiger partial charge in [-0.25, -0.2) is 21.6 Å². The fourth-order valence-electron chi connectivity index (χ4n) is 2.26. The number of morpholine rings is 1. The van der Waals surface area contributed by atoms with Crippen LogP contribution in [0.25, 0.3) is 0 Å². The maximum Gasteiger partial charge on any atom is 0.303 e. The van der Waals surface area contributed by atoms with Crippen LogP contribution >= 0.6 is 0 Å². The summed E-state index contributed by atoms with van der Waals surface area (Å²) in [5, 5.41) is 8.53. The average molecular weight is 392 g/mol. The molecular weight excluding hydrogens is 372 g/mol. The summed E-state index contributed by atoms with van der Waals surface area (Å²) in [7, 11) is -7.50. The highest BCUT2D eigenvalue weighted by Crippen LogP contribution is 2.19. The van der Waals surface area contributed by atoms with Gasteiger partial charge >= 0.3 is 5.97 Å². The third-order valence-corrected chi connectivity index (χ3v) is 6.99. The third kappa shape index (κ3) is 5.22. The van der Waals surface area contributed by atoms with Crippen molar-refractivity contribution in [2.45, 2.75) is 22.6 Å². The number of carbonyl (C=O) groups is 1. The van der Waals surface area contributed by atoms with E-state index in [1.807, 2.05) is 0 Å². The topological polar surface area (TPSA) is 130 Å². The molecule has 1 aliphatic rings. The van der Waals surface area contributed by atoms with Gasteiger partial charge in [0.2, 0.25) is 20.0 Å². The molecule has 0 aliphatic carbocycles. The van der Waals surface area contributed by atoms with Crippen LogP contribution in [0.4, 0.5) is 0 Å². The van der Waals surface area contributed by atoms with Crippen LogP contribution in [-0.2, 0) is 29.6 Å². The summed E-state index contributed by atoms with van der Waals surface area (Å²) in [5.74, 6) is -1.00. The number of nitrogens with zero attached hydrogens (tertiary/aromatic N) is 1. The van der Waals surface area contributed by atoms with Gasteiger partial charge in [0.15, 0.2) is 0 Å². The molecule has 0 bridgehead atoms. The van der Waals surface area contributed by atoms with Gasteiger partial charge < -0.3 is 9.84 Å². The molecule has 9 nitrogen and oxygen atoms in total. The quantitative estimate of drug-likeness (QED) is 0.588. The van der Waals surface area contributed by atoms with Gasteiger partial charge in [-0.2, -0.15) is 4.31 Å². The van der Waals surface area contributed by atoms with E-state index in [9.17, 15) is 21.6 Å². The summed E-state index contributed by atoms with van der Waals surface area (Å²) in [4.78, 5) is 10.3. The lowest BCUT2D eigenvalue weighted by molar-refractivity contribution is -0.137. The zero-order chi connectivity index (χ0) is 18.5. The number of carboxylic acid groups (broad SMARTS) is 1. The van der Waals surface area contributed by atoms with Gasteiger partial charge in [0.05, 0.1) is 23.0 Å². The number of hydrogen-bond donors (Lipinski definition) is 2. The molecule has 0 radical (unpaired) electrons. The second-order valence-electron chi connectivity index (χ2n) is 5.38. The summed E-state index contributed by atoms with van der Waals surface area (Å²) < 4.78 is 57.9. The number of aliphatic carboxylic acids is 1. The molecule has 2 N–H and O–H groups in total. The van der Waals surface area contributed by atoms with Crippen LogP contribution in [0.3, 0.4) is 0 Å². The molecule has 0 spiro atoms. The molecule has 0 aromatic heterocycles. The van der Waals surface area contributed by atoms with E-state index in [0.717, 1.165) is 0 Å². The predicted molar refractivity (Wildman–Crippen MR) is 88.1 cm³/mol. The third-order valence-electron chi connectivity index (χ3n) is 3.60. The SMILES string of the molecule is O=C(O)CCCNS(=O)(=O)c1ccc(S(=O)(=O)N2CCOCC2)cc1. The highest BCUT2D eigenvalue weighted by molar-refractivity contribution is 7.89. The molecule has 1 fully saturated rings. The van der Waals surface area contributed by atoms with Crippen molar-refractivity contribution >= 4 is 26.0 Å². The highest BCUT2D eigenvalue weighted by Gasteiger charge is 2.26. The molecule has 25 heavy (non-hydrogen) atoms. The average Bonchev–Trinajstić information content (AvgIpc) is 2.59. The molecule has 1 aromatic rings. The molecule has 11 heteroatoms. The molecule has 1 heterocycles. The number of ether oxygens (including phenoxy) is 1. The molecule has 0 unspecified atom stereocenters. The van der Waals surface area contributed by atoms with Crippen molar-refractivity contribution in [3.8, 4) is 0 Å². The largest absolute Gasteiger partial charge is 0.481 e. The fourth-order valence-corrected chi connectivity index (χ4v) is 4.74. The van der Waals surface area contributed by atoms with Crippen molar-refractivity contribution in [2.24, 2.45) is 0 Å². The normalized spacial score (nSPS) is 16.6. The molecule has 0 saturated carbocycles. The van der Waals surface area contributed by atoms with E-state index in [1.54, 1.807) is 0 Å². The van der Waals surface area contributed by atoms with Crippen molar-refractivity contribution in [3.05, 3.63) is 24.3 Å². The number of carboxylic acids is 1. The number of sulfonamides is 2. The monoisotopic (exact) mass is 392 g/mol. The van der Waals surface area contributed by atoms with Crippen LogP contribution in [0.1, 0.15) is 12.8 Å². The fraction of sp³-hybridized carbons (Fsp3) is 0.500. The van der Waals surface area contributed by atoms with Crippen LogP contribution in [0.2, 0.25) is 0 Å². The van der Waals surface area contributed by atoms with E-state index in [-0.39, 0.29) is 42.3 Å². The van der Waals surface area contributed by atoms with E-state index in [2.05, 4.69) is 4.72 Å². The zero-order valence-electron chi connectivity index (χ0n) is 13.4. The minimum Gasteiger partial charge on any atom is -0.481 e. The predicted octanol–water partition coefficient (Wildman–Crippen LogP) is -0.149. The van der Waals surface area contributed by atoms with Crippen molar-refractivity contribution in [1.82, 2.24) is 9.03 Å². The lowest BCUT2D eigenvalue weighted by Crippen LogP contribution is -2.40. The summed E-state index contributed by atoms with van der Waals surface area (Å²) in [6, 6.07) is 4.92. The standard InChI is InChI=1S/C14H20N2O7S2/c17-14(18)2-1-7-15-24(19,20)12-3-5-13(6-4-12)25(21,22)16-8-10-23-11-9-16/h3-6,15H,1-2,7-11H2,(H,17,18). The van der Waals surface area contributed by atoms with Gasteiger partial charge in [0.1, 0.15) is 0 Å². The molecule has 1 aromatic carbocycles. The lowest BCUT2D eigenvalue weighted by Gasteiger charge is -2.26. The first-order valence-corrected chi connectivity index (χ1v) is 10.6. The van der Waals surface area contributed by atoms with E-state index in [0.29, 0.717) is 13.2 Å². The van der Waals surface area contributed by atoms with Gasteiger partial charge in [-0.05, 0) is 30.7 Å². The Labute approximate surface area is 146 Å². The van der Waals surface area contributed by atoms with Crippen LogP contribution < -0.4 is 4.72 Å². The zero-order valence-corrected chi connectivity index (χ0v) is 15.1. The summed E-state index contributed by atoms with van der Waals surface area (Å²) in [6.07, 6.45) is 0.0251. The van der Waals surface area contributed by atoms with Crippen molar-refractivity contribution < 1.29 is 31.5 Å². The molecule has 2 rings (SSSR count). The first kappa shape index (κ1) is 19.8. The maximum atomic E-state index is 12.5. The Bertz CT molecular complexity index is 798. The molecular formula is C14H20N2O7S2. The van der Waals surface area contributed by atoms with Gasteiger partial charge in [-0.15, -0.1) is 0 Å². The lowest BCUT2D eigenvalue weighted by atomic mass is 10.3. The Morgan fingerprint density at radius 1 is 1.08 bits per heavy atom. The summed E-state index contributed by atoms with van der Waals surface area (Å²) in [6.45, 7) is 1.15. The molecule has 1 saturated heterocycles. The van der Waals surface area contributed by atoms with Gasteiger partial charge in [0.25, 0.3) is 0 Å². The number of benzene rings is 1. The second kappa shape index (κ2) is 8.23. The highest BCUT2D eigenvalue weighted by atomic mass is 32.2. The Morgan fingerprint density at radius 3 is 2.20 bits per heavy atom. The molecule has 140 valence electrons. The first-order chi connectivity index (χ1) is 11.7. The van der Waals surface area contributed by atoms with Gasteiger partial charge in [-0.1, -0.05) is 0 Å². The van der Waals surface area contributed by atoms with Crippen LogP contribution in [0, 0.1) is 0 Å². The molecule has 0 amide bonds. The van der Waals surface area contributed by atoms with Crippen molar-refractivity contribution in [3.63, 3.8) is 0 Å². The Balaban J connectivity index is 2.06. The maximum absolute atomic E-state index is 12.5. The van der Waals surface area contributed by atoms with Crippen LogP contribution in [-0.4, -0.2) is 65.1 Å². The van der Waals surface area contributed by atoms with Gasteiger partial charge in [-0.3, -0.25) is 4.79 Å². The number of hydrogen-bond acceptors (Lipinski definition) is 6. The van der Waals surface area contributed by atoms with Crippen molar-refractivity contribution in [2.75, 3.05) is 32.8 Å². The second-order valence-corrected chi connectivity index (χ2v) is 9.09. The van der Waals surface area contributed by atoms with E-state index >= 15 is 0 Å². The summed E-state index contributed by atoms with van der Waals surface area (Å²) >= 11 is 0. The Kier molecular flexibility index (Phi) is 6.52. The minimum absolute atomic E-state index is 0.0114.